The summed E-state index contributed by atoms with van der Waals surface area (Å²) >= 11 is 0. The Balaban J connectivity index is 1.83. The van der Waals surface area contributed by atoms with Crippen LogP contribution in [0.4, 0.5) is 11.4 Å². The average Bonchev–Trinajstić information content (AvgIpc) is 3.12. The number of carbonyl (C=O) groups is 2. The summed E-state index contributed by atoms with van der Waals surface area (Å²) in [6, 6.07) is 9.68. The second kappa shape index (κ2) is 8.78. The summed E-state index contributed by atoms with van der Waals surface area (Å²) in [7, 11) is 0. The number of ether oxygens (including phenoxy) is 1. The quantitative estimate of drug-likeness (QED) is 0.363. The Kier molecular flexibility index (Phi) is 6.15. The Morgan fingerprint density at radius 2 is 1.81 bits per heavy atom. The molecule has 2 aromatic carbocycles. The SMILES string of the molecule is CCOC(=O)c1cnn(-c2ccc(C(=O)Nc3c(C)ccc([N+](=O)[O-])c3C)cc2)c1C. The monoisotopic (exact) mass is 422 g/mol. The largest absolute Gasteiger partial charge is 0.462 e. The molecular formula is C22H22N4O5. The van der Waals surface area contributed by atoms with Gasteiger partial charge in [0.05, 0.1) is 40.4 Å². The molecule has 1 amide bonds. The number of nitrogens with zero attached hydrogens (tertiary/aromatic N) is 3. The molecule has 0 atom stereocenters. The van der Waals surface area contributed by atoms with Gasteiger partial charge >= 0.3 is 5.97 Å². The van der Waals surface area contributed by atoms with E-state index in [2.05, 4.69) is 10.4 Å². The maximum Gasteiger partial charge on any atom is 0.341 e. The van der Waals surface area contributed by atoms with Crippen LogP contribution in [0.3, 0.4) is 0 Å². The molecule has 1 aromatic heterocycles. The first-order chi connectivity index (χ1) is 14.7. The Hall–Kier alpha value is -4.01. The van der Waals surface area contributed by atoms with Crippen LogP contribution in [0.2, 0.25) is 0 Å². The smallest absolute Gasteiger partial charge is 0.341 e. The van der Waals surface area contributed by atoms with E-state index in [1.54, 1.807) is 62.7 Å². The van der Waals surface area contributed by atoms with E-state index >= 15 is 0 Å². The Labute approximate surface area is 178 Å². The van der Waals surface area contributed by atoms with Crippen LogP contribution in [-0.2, 0) is 4.74 Å². The van der Waals surface area contributed by atoms with Crippen molar-refractivity contribution in [2.45, 2.75) is 27.7 Å². The van der Waals surface area contributed by atoms with Crippen molar-refractivity contribution in [3.63, 3.8) is 0 Å². The van der Waals surface area contributed by atoms with E-state index in [-0.39, 0.29) is 18.2 Å². The normalized spacial score (nSPS) is 10.6. The van der Waals surface area contributed by atoms with Crippen molar-refractivity contribution in [2.24, 2.45) is 0 Å². The molecule has 3 rings (SSSR count). The topological polar surface area (TPSA) is 116 Å². The predicted octanol–water partition coefficient (Wildman–Crippen LogP) is 4.13. The molecule has 0 unspecified atom stereocenters. The predicted molar refractivity (Wildman–Crippen MR) is 115 cm³/mol. The highest BCUT2D eigenvalue weighted by atomic mass is 16.6. The van der Waals surface area contributed by atoms with Gasteiger partial charge in [0.15, 0.2) is 0 Å². The number of hydrogen-bond donors (Lipinski definition) is 1. The summed E-state index contributed by atoms with van der Waals surface area (Å²) in [4.78, 5) is 35.4. The molecule has 3 aromatic rings. The molecule has 0 radical (unpaired) electrons. The molecule has 160 valence electrons. The molecule has 0 aliphatic heterocycles. The molecular weight excluding hydrogens is 400 g/mol. The summed E-state index contributed by atoms with van der Waals surface area (Å²) in [5, 5.41) is 18.2. The van der Waals surface area contributed by atoms with E-state index in [1.165, 1.54) is 12.3 Å². The summed E-state index contributed by atoms with van der Waals surface area (Å²) in [6.45, 7) is 7.14. The van der Waals surface area contributed by atoms with Gasteiger partial charge in [0.25, 0.3) is 11.6 Å². The molecule has 0 aliphatic carbocycles. The minimum Gasteiger partial charge on any atom is -0.462 e. The summed E-state index contributed by atoms with van der Waals surface area (Å²) in [6.07, 6.45) is 1.45. The maximum atomic E-state index is 12.7. The molecule has 1 heterocycles. The second-order valence-electron chi connectivity index (χ2n) is 6.94. The number of hydrogen-bond acceptors (Lipinski definition) is 6. The van der Waals surface area contributed by atoms with E-state index < -0.39 is 10.9 Å². The van der Waals surface area contributed by atoms with Crippen molar-refractivity contribution in [1.82, 2.24) is 9.78 Å². The molecule has 0 aliphatic rings. The summed E-state index contributed by atoms with van der Waals surface area (Å²) < 4.78 is 6.61. The molecule has 0 bridgehead atoms. The minimum absolute atomic E-state index is 0.0530. The number of nitrogens with one attached hydrogen (secondary N) is 1. The fourth-order valence-electron chi connectivity index (χ4n) is 3.25. The van der Waals surface area contributed by atoms with Crippen LogP contribution >= 0.6 is 0 Å². The molecule has 0 fully saturated rings. The van der Waals surface area contributed by atoms with Gasteiger partial charge in [-0.25, -0.2) is 9.48 Å². The number of rotatable bonds is 6. The number of carbonyl (C=O) groups excluding carboxylic acids is 2. The Morgan fingerprint density at radius 1 is 1.13 bits per heavy atom. The van der Waals surface area contributed by atoms with Crippen LogP contribution in [0, 0.1) is 30.9 Å². The number of nitro groups is 1. The van der Waals surface area contributed by atoms with Gasteiger partial charge in [-0.05, 0) is 57.5 Å². The third kappa shape index (κ3) is 4.30. The van der Waals surface area contributed by atoms with Crippen molar-refractivity contribution >= 4 is 23.3 Å². The lowest BCUT2D eigenvalue weighted by atomic mass is 10.1. The van der Waals surface area contributed by atoms with Crippen molar-refractivity contribution in [1.29, 1.82) is 0 Å². The first-order valence-electron chi connectivity index (χ1n) is 9.62. The van der Waals surface area contributed by atoms with Gasteiger partial charge in [0.1, 0.15) is 5.56 Å². The zero-order chi connectivity index (χ0) is 22.7. The van der Waals surface area contributed by atoms with Crippen LogP contribution < -0.4 is 5.32 Å². The van der Waals surface area contributed by atoms with Crippen molar-refractivity contribution in [2.75, 3.05) is 11.9 Å². The number of nitro benzene ring substituents is 1. The van der Waals surface area contributed by atoms with Crippen LogP contribution in [-0.4, -0.2) is 33.2 Å². The first-order valence-corrected chi connectivity index (χ1v) is 9.62. The minimum atomic E-state index is -0.476. The highest BCUT2D eigenvalue weighted by Crippen LogP contribution is 2.29. The zero-order valence-corrected chi connectivity index (χ0v) is 17.6. The van der Waals surface area contributed by atoms with Crippen molar-refractivity contribution < 1.29 is 19.2 Å². The van der Waals surface area contributed by atoms with Gasteiger partial charge < -0.3 is 10.1 Å². The van der Waals surface area contributed by atoms with Crippen LogP contribution in [0.25, 0.3) is 5.69 Å². The van der Waals surface area contributed by atoms with Gasteiger partial charge in [0.2, 0.25) is 0 Å². The third-order valence-electron chi connectivity index (χ3n) is 4.96. The van der Waals surface area contributed by atoms with Gasteiger partial charge in [-0.1, -0.05) is 6.07 Å². The lowest BCUT2D eigenvalue weighted by molar-refractivity contribution is -0.385. The van der Waals surface area contributed by atoms with E-state index in [0.29, 0.717) is 33.8 Å². The highest BCUT2D eigenvalue weighted by molar-refractivity contribution is 6.05. The lowest BCUT2D eigenvalue weighted by Crippen LogP contribution is -2.14. The average molecular weight is 422 g/mol. The fourth-order valence-corrected chi connectivity index (χ4v) is 3.25. The lowest BCUT2D eigenvalue weighted by Gasteiger charge is -2.12. The summed E-state index contributed by atoms with van der Waals surface area (Å²) in [5.41, 5.74) is 3.55. The molecule has 0 spiro atoms. The summed E-state index contributed by atoms with van der Waals surface area (Å²) in [5.74, 6) is -0.826. The number of aryl methyl sites for hydroxylation is 1. The number of anilines is 1. The Bertz CT molecular complexity index is 1170. The second-order valence-corrected chi connectivity index (χ2v) is 6.94. The van der Waals surface area contributed by atoms with E-state index in [4.69, 9.17) is 4.74 Å². The number of amides is 1. The van der Waals surface area contributed by atoms with Crippen LogP contribution in [0.5, 0.6) is 0 Å². The number of esters is 1. The molecule has 0 saturated carbocycles. The third-order valence-corrected chi connectivity index (χ3v) is 4.96. The van der Waals surface area contributed by atoms with E-state index in [0.717, 1.165) is 5.56 Å². The van der Waals surface area contributed by atoms with Crippen molar-refractivity contribution in [3.8, 4) is 5.69 Å². The number of aromatic nitrogens is 2. The molecule has 1 N–H and O–H groups in total. The van der Waals surface area contributed by atoms with Gasteiger partial charge in [-0.3, -0.25) is 14.9 Å². The van der Waals surface area contributed by atoms with Gasteiger partial charge in [-0.15, -0.1) is 0 Å². The van der Waals surface area contributed by atoms with Crippen LogP contribution in [0.1, 0.15) is 44.5 Å². The zero-order valence-electron chi connectivity index (χ0n) is 17.6. The van der Waals surface area contributed by atoms with Gasteiger partial charge in [0, 0.05) is 11.6 Å². The maximum absolute atomic E-state index is 12.7. The molecule has 9 nitrogen and oxygen atoms in total. The molecule has 31 heavy (non-hydrogen) atoms. The molecule has 0 saturated heterocycles. The van der Waals surface area contributed by atoms with Gasteiger partial charge in [-0.2, -0.15) is 5.10 Å². The van der Waals surface area contributed by atoms with E-state index in [1.807, 2.05) is 0 Å². The fraction of sp³-hybridized carbons (Fsp3) is 0.227. The van der Waals surface area contributed by atoms with Crippen LogP contribution in [0.15, 0.2) is 42.6 Å². The highest BCUT2D eigenvalue weighted by Gasteiger charge is 2.19. The van der Waals surface area contributed by atoms with Crippen molar-refractivity contribution in [3.05, 3.63) is 80.7 Å². The van der Waals surface area contributed by atoms with E-state index in [9.17, 15) is 19.7 Å². The number of benzene rings is 2. The molecule has 9 heteroatoms. The standard InChI is InChI=1S/C22H22N4O5/c1-5-31-22(28)18-12-23-25(15(18)4)17-9-7-16(8-10-17)21(27)24-20-13(2)6-11-19(14(20)3)26(29)30/h6-12H,5H2,1-4H3,(H,24,27). The first kappa shape index (κ1) is 21.7. The Morgan fingerprint density at radius 3 is 2.42 bits per heavy atom.